The lowest BCUT2D eigenvalue weighted by molar-refractivity contribution is -0.141. The molecule has 0 radical (unpaired) electrons. The SMILES string of the molecule is CC(=O)N1CCC2=C(C1)C(C)(N1CCc3cc(-c4cn(C)nc4C(F)(F)F)ccc31)NN2[C@H]1CCOC1. The van der Waals surface area contributed by atoms with E-state index in [0.29, 0.717) is 38.2 Å². The molecule has 1 saturated heterocycles. The lowest BCUT2D eigenvalue weighted by atomic mass is 9.94. The van der Waals surface area contributed by atoms with Gasteiger partial charge < -0.3 is 19.5 Å². The maximum atomic E-state index is 13.6. The monoisotopic (exact) mass is 516 g/mol. The van der Waals surface area contributed by atoms with Crippen molar-refractivity contribution in [1.29, 1.82) is 0 Å². The Hall–Kier alpha value is -3.05. The van der Waals surface area contributed by atoms with Crippen LogP contribution in [0.3, 0.4) is 0 Å². The van der Waals surface area contributed by atoms with E-state index in [0.717, 1.165) is 30.7 Å². The van der Waals surface area contributed by atoms with Gasteiger partial charge in [-0.1, -0.05) is 6.07 Å². The fourth-order valence-corrected chi connectivity index (χ4v) is 6.30. The van der Waals surface area contributed by atoms with Gasteiger partial charge in [-0.25, -0.2) is 5.43 Å². The van der Waals surface area contributed by atoms with Gasteiger partial charge in [-0.15, -0.1) is 0 Å². The normalized spacial score (nSPS) is 25.8. The molecule has 2 aromatic rings. The number of hydrazine groups is 1. The van der Waals surface area contributed by atoms with E-state index in [2.05, 4.69) is 27.4 Å². The molecule has 37 heavy (non-hydrogen) atoms. The molecule has 1 fully saturated rings. The third-order valence-electron chi connectivity index (χ3n) is 8.17. The Morgan fingerprint density at radius 2 is 2.05 bits per heavy atom. The summed E-state index contributed by atoms with van der Waals surface area (Å²) in [5.74, 6) is 0.0555. The molecule has 5 heterocycles. The minimum atomic E-state index is -4.53. The van der Waals surface area contributed by atoms with Crippen LogP contribution in [0.4, 0.5) is 18.9 Å². The van der Waals surface area contributed by atoms with E-state index in [1.54, 1.807) is 13.0 Å². The van der Waals surface area contributed by atoms with Crippen molar-refractivity contribution in [3.05, 3.63) is 46.9 Å². The van der Waals surface area contributed by atoms with Crippen LogP contribution in [-0.4, -0.2) is 70.1 Å². The summed E-state index contributed by atoms with van der Waals surface area (Å²) in [5.41, 5.74) is 7.33. The van der Waals surface area contributed by atoms with Crippen LogP contribution in [0.5, 0.6) is 0 Å². The summed E-state index contributed by atoms with van der Waals surface area (Å²) in [6, 6.07) is 5.76. The van der Waals surface area contributed by atoms with Gasteiger partial charge in [0, 0.05) is 75.4 Å². The molecule has 0 saturated carbocycles. The molecule has 0 aliphatic carbocycles. The van der Waals surface area contributed by atoms with E-state index < -0.39 is 17.5 Å². The van der Waals surface area contributed by atoms with Crippen LogP contribution in [-0.2, 0) is 29.2 Å². The van der Waals surface area contributed by atoms with Crippen LogP contribution in [0.1, 0.15) is 37.9 Å². The lowest BCUT2D eigenvalue weighted by Crippen LogP contribution is -2.60. The van der Waals surface area contributed by atoms with Gasteiger partial charge in [0.25, 0.3) is 0 Å². The zero-order chi connectivity index (χ0) is 26.1. The van der Waals surface area contributed by atoms with Crippen molar-refractivity contribution in [1.82, 2.24) is 25.1 Å². The van der Waals surface area contributed by atoms with Crippen LogP contribution in [0.15, 0.2) is 35.7 Å². The first-order valence-electron chi connectivity index (χ1n) is 12.7. The second-order valence-electron chi connectivity index (χ2n) is 10.5. The number of rotatable bonds is 3. The van der Waals surface area contributed by atoms with E-state index in [-0.39, 0.29) is 17.5 Å². The first-order chi connectivity index (χ1) is 17.6. The van der Waals surface area contributed by atoms with Crippen molar-refractivity contribution in [3.63, 3.8) is 0 Å². The van der Waals surface area contributed by atoms with E-state index in [9.17, 15) is 18.0 Å². The summed E-state index contributed by atoms with van der Waals surface area (Å²) < 4.78 is 47.7. The van der Waals surface area contributed by atoms with Crippen molar-refractivity contribution in [2.45, 2.75) is 51.0 Å². The molecule has 1 aromatic carbocycles. The van der Waals surface area contributed by atoms with Gasteiger partial charge in [-0.3, -0.25) is 9.48 Å². The Bertz CT molecular complexity index is 1280. The van der Waals surface area contributed by atoms with Crippen LogP contribution in [0.25, 0.3) is 11.1 Å². The standard InChI is InChI=1S/C26H31F3N6O2/c1-16(36)33-9-7-23-21(14-33)25(2,31-35(23)19-8-11-37-15-19)34-10-6-18-12-17(4-5-22(18)34)20-13-32(3)30-24(20)26(27,28)29/h4-5,12-13,19,31H,6-11,14-15H2,1-3H3/t19-,25?/m0/s1. The number of aromatic nitrogens is 2. The molecule has 198 valence electrons. The number of anilines is 1. The number of carbonyl (C=O) groups excluding carboxylic acids is 1. The molecule has 8 nitrogen and oxygen atoms in total. The molecular formula is C26H31F3N6O2. The van der Waals surface area contributed by atoms with Gasteiger partial charge in [0.2, 0.25) is 5.91 Å². The van der Waals surface area contributed by atoms with Crippen LogP contribution >= 0.6 is 0 Å². The second kappa shape index (κ2) is 8.49. The molecule has 11 heteroatoms. The van der Waals surface area contributed by atoms with Gasteiger partial charge in [-0.05, 0) is 43.0 Å². The zero-order valence-electron chi connectivity index (χ0n) is 21.2. The molecule has 1 unspecified atom stereocenters. The lowest BCUT2D eigenvalue weighted by Gasteiger charge is -2.42. The third-order valence-corrected chi connectivity index (χ3v) is 8.17. The van der Waals surface area contributed by atoms with E-state index in [4.69, 9.17) is 4.74 Å². The molecule has 4 aliphatic rings. The van der Waals surface area contributed by atoms with Crippen LogP contribution in [0, 0.1) is 0 Å². The van der Waals surface area contributed by atoms with Crippen LogP contribution in [0.2, 0.25) is 0 Å². The average molecular weight is 517 g/mol. The van der Waals surface area contributed by atoms with Crippen molar-refractivity contribution in [3.8, 4) is 11.1 Å². The fourth-order valence-electron chi connectivity index (χ4n) is 6.30. The number of ether oxygens (including phenoxy) is 1. The van der Waals surface area contributed by atoms with Crippen molar-refractivity contribution >= 4 is 11.6 Å². The smallest absolute Gasteiger partial charge is 0.379 e. The molecule has 0 bridgehead atoms. The van der Waals surface area contributed by atoms with Gasteiger partial charge in [0.1, 0.15) is 5.66 Å². The molecule has 0 spiro atoms. The van der Waals surface area contributed by atoms with Gasteiger partial charge in [-0.2, -0.15) is 18.3 Å². The quantitative estimate of drug-likeness (QED) is 0.676. The maximum absolute atomic E-state index is 13.6. The van der Waals surface area contributed by atoms with Gasteiger partial charge in [0.15, 0.2) is 5.69 Å². The Morgan fingerprint density at radius 1 is 1.24 bits per heavy atom. The molecule has 1 aromatic heterocycles. The van der Waals surface area contributed by atoms with Crippen molar-refractivity contribution < 1.29 is 22.7 Å². The molecule has 4 aliphatic heterocycles. The van der Waals surface area contributed by atoms with Crippen LogP contribution < -0.4 is 10.3 Å². The van der Waals surface area contributed by atoms with E-state index >= 15 is 0 Å². The highest BCUT2D eigenvalue weighted by Gasteiger charge is 2.50. The number of benzene rings is 1. The van der Waals surface area contributed by atoms with Crippen molar-refractivity contribution in [2.75, 3.05) is 37.7 Å². The Balaban J connectivity index is 1.37. The van der Waals surface area contributed by atoms with Gasteiger partial charge >= 0.3 is 6.18 Å². The Labute approximate surface area is 213 Å². The number of nitrogens with zero attached hydrogens (tertiary/aromatic N) is 5. The Kier molecular flexibility index (Phi) is 5.57. The number of halogens is 3. The minimum Gasteiger partial charge on any atom is -0.379 e. The summed E-state index contributed by atoms with van der Waals surface area (Å²) in [6.45, 7) is 7.08. The number of carbonyl (C=O) groups is 1. The van der Waals surface area contributed by atoms with Crippen molar-refractivity contribution in [2.24, 2.45) is 7.05 Å². The highest BCUT2D eigenvalue weighted by atomic mass is 19.4. The number of nitrogens with one attached hydrogen (secondary N) is 1. The third kappa shape index (κ3) is 3.90. The number of hydrogen-bond acceptors (Lipinski definition) is 6. The summed E-state index contributed by atoms with van der Waals surface area (Å²) in [5, 5.41) is 5.93. The highest BCUT2D eigenvalue weighted by molar-refractivity contribution is 5.75. The highest BCUT2D eigenvalue weighted by Crippen LogP contribution is 2.45. The minimum absolute atomic E-state index is 0.0555. The molecule has 1 amide bonds. The molecule has 1 N–H and O–H groups in total. The molecular weight excluding hydrogens is 485 g/mol. The largest absolute Gasteiger partial charge is 0.435 e. The second-order valence-corrected chi connectivity index (χ2v) is 10.5. The van der Waals surface area contributed by atoms with E-state index in [1.807, 2.05) is 17.0 Å². The Morgan fingerprint density at radius 3 is 2.76 bits per heavy atom. The maximum Gasteiger partial charge on any atom is 0.435 e. The molecule has 2 atom stereocenters. The van der Waals surface area contributed by atoms with E-state index in [1.165, 1.54) is 29.2 Å². The first kappa shape index (κ1) is 24.3. The van der Waals surface area contributed by atoms with Gasteiger partial charge in [0.05, 0.1) is 12.6 Å². The average Bonchev–Trinajstić information content (AvgIpc) is 3.63. The predicted molar refractivity (Wildman–Crippen MR) is 131 cm³/mol. The predicted octanol–water partition coefficient (Wildman–Crippen LogP) is 3.30. The number of fused-ring (bicyclic) bond motifs is 1. The fraction of sp³-hybridized carbons (Fsp3) is 0.538. The summed E-state index contributed by atoms with van der Waals surface area (Å²) in [6.07, 6.45) is -0.678. The topological polar surface area (TPSA) is 65.9 Å². The summed E-state index contributed by atoms with van der Waals surface area (Å²) >= 11 is 0. The number of hydrogen-bond donors (Lipinski definition) is 1. The summed E-state index contributed by atoms with van der Waals surface area (Å²) in [7, 11) is 1.50. The number of alkyl halides is 3. The first-order valence-corrected chi connectivity index (χ1v) is 12.7. The number of aryl methyl sites for hydroxylation is 1. The number of amides is 1. The molecule has 6 rings (SSSR count). The zero-order valence-corrected chi connectivity index (χ0v) is 21.2. The summed E-state index contributed by atoms with van der Waals surface area (Å²) in [4.78, 5) is 16.5.